The highest BCUT2D eigenvalue weighted by molar-refractivity contribution is 5.97. The average molecular weight is 362 g/mol. The highest BCUT2D eigenvalue weighted by atomic mass is 16.5. The van der Waals surface area contributed by atoms with E-state index in [0.29, 0.717) is 17.8 Å². The number of methoxy groups -OCH3 is 1. The SMILES string of the molecule is CCCc1cc(C=O)n(Cc2ccc(-c3ccccc3C(=O)OC)cc2)n1. The lowest BCUT2D eigenvalue weighted by atomic mass is 9.99. The van der Waals surface area contributed by atoms with Gasteiger partial charge in [-0.15, -0.1) is 0 Å². The lowest BCUT2D eigenvalue weighted by Crippen LogP contribution is -2.06. The predicted octanol–water partition coefficient (Wildman–Crippen LogP) is 4.15. The van der Waals surface area contributed by atoms with Gasteiger partial charge in [0.25, 0.3) is 0 Å². The van der Waals surface area contributed by atoms with Gasteiger partial charge in [-0.25, -0.2) is 4.79 Å². The Morgan fingerprint density at radius 2 is 1.89 bits per heavy atom. The predicted molar refractivity (Wildman–Crippen MR) is 104 cm³/mol. The fraction of sp³-hybridized carbons (Fsp3) is 0.227. The first-order chi connectivity index (χ1) is 13.2. The van der Waals surface area contributed by atoms with E-state index in [1.54, 1.807) is 10.7 Å². The molecule has 3 rings (SSSR count). The maximum absolute atomic E-state index is 12.0. The number of hydrogen-bond donors (Lipinski definition) is 0. The van der Waals surface area contributed by atoms with E-state index < -0.39 is 0 Å². The van der Waals surface area contributed by atoms with Gasteiger partial charge in [0, 0.05) is 0 Å². The van der Waals surface area contributed by atoms with E-state index in [0.717, 1.165) is 41.5 Å². The summed E-state index contributed by atoms with van der Waals surface area (Å²) in [6, 6.07) is 17.1. The topological polar surface area (TPSA) is 61.2 Å². The molecule has 27 heavy (non-hydrogen) atoms. The number of aldehydes is 1. The summed E-state index contributed by atoms with van der Waals surface area (Å²) in [6.07, 6.45) is 2.69. The number of nitrogens with zero attached hydrogens (tertiary/aromatic N) is 2. The number of carbonyl (C=O) groups is 2. The smallest absolute Gasteiger partial charge is 0.338 e. The third kappa shape index (κ3) is 4.14. The van der Waals surface area contributed by atoms with Crippen molar-refractivity contribution < 1.29 is 14.3 Å². The van der Waals surface area contributed by atoms with Crippen LogP contribution in [-0.4, -0.2) is 29.1 Å². The molecule has 0 atom stereocenters. The molecule has 0 amide bonds. The lowest BCUT2D eigenvalue weighted by molar-refractivity contribution is 0.0601. The van der Waals surface area contributed by atoms with Crippen molar-refractivity contribution in [2.45, 2.75) is 26.3 Å². The maximum atomic E-state index is 12.0. The lowest BCUT2D eigenvalue weighted by Gasteiger charge is -2.09. The van der Waals surface area contributed by atoms with Crippen LogP contribution >= 0.6 is 0 Å². The number of hydrogen-bond acceptors (Lipinski definition) is 4. The molecule has 0 saturated heterocycles. The van der Waals surface area contributed by atoms with Crippen LogP contribution in [0, 0.1) is 0 Å². The zero-order valence-corrected chi connectivity index (χ0v) is 15.5. The van der Waals surface area contributed by atoms with E-state index >= 15 is 0 Å². The van der Waals surface area contributed by atoms with E-state index in [9.17, 15) is 9.59 Å². The number of ether oxygens (including phenoxy) is 1. The monoisotopic (exact) mass is 362 g/mol. The Morgan fingerprint density at radius 3 is 2.56 bits per heavy atom. The van der Waals surface area contributed by atoms with Crippen molar-refractivity contribution in [3.8, 4) is 11.1 Å². The van der Waals surface area contributed by atoms with Crippen LogP contribution in [-0.2, 0) is 17.7 Å². The quantitative estimate of drug-likeness (QED) is 0.468. The zero-order chi connectivity index (χ0) is 19.2. The van der Waals surface area contributed by atoms with E-state index in [1.807, 2.05) is 48.5 Å². The summed E-state index contributed by atoms with van der Waals surface area (Å²) in [6.45, 7) is 2.61. The van der Waals surface area contributed by atoms with Gasteiger partial charge in [0.15, 0.2) is 6.29 Å². The number of aromatic nitrogens is 2. The first-order valence-corrected chi connectivity index (χ1v) is 8.94. The third-order valence-corrected chi connectivity index (χ3v) is 4.42. The van der Waals surface area contributed by atoms with Crippen molar-refractivity contribution >= 4 is 12.3 Å². The molecule has 0 aliphatic heterocycles. The molecule has 5 nitrogen and oxygen atoms in total. The van der Waals surface area contributed by atoms with Crippen molar-refractivity contribution in [2.24, 2.45) is 0 Å². The van der Waals surface area contributed by atoms with Crippen LogP contribution in [0.4, 0.5) is 0 Å². The number of carbonyl (C=O) groups excluding carboxylic acids is 2. The molecule has 0 bridgehead atoms. The minimum absolute atomic E-state index is 0.356. The van der Waals surface area contributed by atoms with Crippen LogP contribution in [0.15, 0.2) is 54.6 Å². The number of aryl methyl sites for hydroxylation is 1. The summed E-state index contributed by atoms with van der Waals surface area (Å²) < 4.78 is 6.60. The van der Waals surface area contributed by atoms with Gasteiger partial charge in [0.1, 0.15) is 5.69 Å². The van der Waals surface area contributed by atoms with Crippen molar-refractivity contribution in [3.63, 3.8) is 0 Å². The second-order valence-electron chi connectivity index (χ2n) is 6.32. The van der Waals surface area contributed by atoms with Gasteiger partial charge in [0.05, 0.1) is 24.9 Å². The molecule has 138 valence electrons. The number of esters is 1. The van der Waals surface area contributed by atoms with Gasteiger partial charge in [-0.05, 0) is 35.2 Å². The number of rotatable bonds is 7. The average Bonchev–Trinajstić information content (AvgIpc) is 3.09. The van der Waals surface area contributed by atoms with Crippen LogP contribution in [0.3, 0.4) is 0 Å². The fourth-order valence-corrected chi connectivity index (χ4v) is 3.07. The van der Waals surface area contributed by atoms with Crippen LogP contribution in [0.1, 0.15) is 45.4 Å². The van der Waals surface area contributed by atoms with Crippen LogP contribution in [0.25, 0.3) is 11.1 Å². The Morgan fingerprint density at radius 1 is 1.15 bits per heavy atom. The maximum Gasteiger partial charge on any atom is 0.338 e. The Bertz CT molecular complexity index is 942. The molecular formula is C22H22N2O3. The van der Waals surface area contributed by atoms with Crippen molar-refractivity contribution in [3.05, 3.63) is 77.1 Å². The van der Waals surface area contributed by atoms with Crippen LogP contribution in [0.2, 0.25) is 0 Å². The minimum atomic E-state index is -0.356. The molecular weight excluding hydrogens is 340 g/mol. The van der Waals surface area contributed by atoms with Crippen LogP contribution in [0.5, 0.6) is 0 Å². The standard InChI is InChI=1S/C22H22N2O3/c1-3-6-18-13-19(15-25)24(23-18)14-16-9-11-17(12-10-16)20-7-4-5-8-21(20)22(26)27-2/h4-5,7-13,15H,3,6,14H2,1-2H3. The second kappa shape index (κ2) is 8.45. The third-order valence-electron chi connectivity index (χ3n) is 4.42. The van der Waals surface area contributed by atoms with E-state index in [4.69, 9.17) is 4.74 Å². The normalized spacial score (nSPS) is 10.6. The molecule has 3 aromatic rings. The second-order valence-corrected chi connectivity index (χ2v) is 6.32. The van der Waals surface area contributed by atoms with Crippen molar-refractivity contribution in [2.75, 3.05) is 7.11 Å². The van der Waals surface area contributed by atoms with E-state index in [2.05, 4.69) is 12.0 Å². The van der Waals surface area contributed by atoms with Gasteiger partial charge < -0.3 is 4.74 Å². The molecule has 0 fully saturated rings. The van der Waals surface area contributed by atoms with Gasteiger partial charge >= 0.3 is 5.97 Å². The molecule has 0 N–H and O–H groups in total. The summed E-state index contributed by atoms with van der Waals surface area (Å²) >= 11 is 0. The summed E-state index contributed by atoms with van der Waals surface area (Å²) in [5, 5.41) is 4.52. The van der Waals surface area contributed by atoms with Crippen molar-refractivity contribution in [1.82, 2.24) is 9.78 Å². The van der Waals surface area contributed by atoms with Gasteiger partial charge in [-0.2, -0.15) is 5.10 Å². The molecule has 0 aliphatic rings. The Hall–Kier alpha value is -3.21. The Balaban J connectivity index is 1.85. The first-order valence-electron chi connectivity index (χ1n) is 8.94. The minimum Gasteiger partial charge on any atom is -0.465 e. The first kappa shape index (κ1) is 18.6. The van der Waals surface area contributed by atoms with E-state index in [1.165, 1.54) is 7.11 Å². The van der Waals surface area contributed by atoms with Gasteiger partial charge in [-0.3, -0.25) is 9.48 Å². The van der Waals surface area contributed by atoms with Crippen molar-refractivity contribution in [1.29, 1.82) is 0 Å². The molecule has 2 aromatic carbocycles. The molecule has 0 saturated carbocycles. The Labute approximate surface area is 158 Å². The molecule has 0 spiro atoms. The highest BCUT2D eigenvalue weighted by Gasteiger charge is 2.13. The summed E-state index contributed by atoms with van der Waals surface area (Å²) in [5.74, 6) is -0.356. The molecule has 0 unspecified atom stereocenters. The number of benzene rings is 2. The zero-order valence-electron chi connectivity index (χ0n) is 15.5. The Kier molecular flexibility index (Phi) is 5.81. The molecule has 0 radical (unpaired) electrons. The van der Waals surface area contributed by atoms with Gasteiger partial charge in [-0.1, -0.05) is 55.8 Å². The summed E-state index contributed by atoms with van der Waals surface area (Å²) in [4.78, 5) is 23.3. The fourth-order valence-electron chi connectivity index (χ4n) is 3.07. The highest BCUT2D eigenvalue weighted by Crippen LogP contribution is 2.25. The molecule has 1 heterocycles. The molecule has 5 heteroatoms. The summed E-state index contributed by atoms with van der Waals surface area (Å²) in [7, 11) is 1.38. The van der Waals surface area contributed by atoms with Crippen LogP contribution < -0.4 is 0 Å². The molecule has 0 aliphatic carbocycles. The largest absolute Gasteiger partial charge is 0.465 e. The van der Waals surface area contributed by atoms with E-state index in [-0.39, 0.29) is 5.97 Å². The summed E-state index contributed by atoms with van der Waals surface area (Å²) in [5.41, 5.74) is 4.84. The molecule has 1 aromatic heterocycles. The van der Waals surface area contributed by atoms with Gasteiger partial charge in [0.2, 0.25) is 0 Å².